The molecule has 11 heavy (non-hydrogen) atoms. The highest BCUT2D eigenvalue weighted by atomic mass is 16.5. The molecule has 0 rings (SSSR count). The molecule has 0 N–H and O–H groups in total. The number of ether oxygens (including phenoxy) is 1. The number of hydrogen-bond donors (Lipinski definition) is 0. The molecule has 0 aromatic heterocycles. The number of hydrogen-bond acceptors (Lipinski definition) is 3. The van der Waals surface area contributed by atoms with Crippen molar-refractivity contribution >= 4 is 18.1 Å². The molecule has 0 fully saturated rings. The van der Waals surface area contributed by atoms with Gasteiger partial charge in [-0.2, -0.15) is 4.99 Å². The molecular formula is C7H11NO3. The summed E-state index contributed by atoms with van der Waals surface area (Å²) in [7, 11) is 1.25. The van der Waals surface area contributed by atoms with Crippen LogP contribution in [0.5, 0.6) is 0 Å². The Labute approximate surface area is 65.3 Å². The Morgan fingerprint density at radius 2 is 2.27 bits per heavy atom. The molecule has 0 aliphatic rings. The Bertz CT molecular complexity index is 175. The quantitative estimate of drug-likeness (QED) is 0.456. The molecule has 0 atom stereocenters. The van der Waals surface area contributed by atoms with Crippen molar-refractivity contribution in [3.63, 3.8) is 0 Å². The summed E-state index contributed by atoms with van der Waals surface area (Å²) in [4.78, 5) is 24.1. The van der Waals surface area contributed by atoms with Gasteiger partial charge in [0.25, 0.3) is 0 Å². The normalized spacial score (nSPS) is 10.9. The number of carbonyl (C=O) groups is 2. The lowest BCUT2D eigenvalue weighted by atomic mass is 10.2. The Balaban J connectivity index is 4.09. The van der Waals surface area contributed by atoms with Crippen molar-refractivity contribution < 1.29 is 14.3 Å². The average Bonchev–Trinajstić information content (AvgIpc) is 2.03. The lowest BCUT2D eigenvalue weighted by molar-refractivity contribution is -0.106. The van der Waals surface area contributed by atoms with E-state index in [2.05, 4.69) is 9.73 Å². The Hall–Kier alpha value is -1.19. The molecule has 0 unspecified atom stereocenters. The van der Waals surface area contributed by atoms with Gasteiger partial charge < -0.3 is 9.53 Å². The number of nitrogens with zero attached hydrogens (tertiary/aromatic N) is 1. The summed E-state index contributed by atoms with van der Waals surface area (Å²) in [5, 5.41) is 0. The highest BCUT2D eigenvalue weighted by Crippen LogP contribution is 1.92. The summed E-state index contributed by atoms with van der Waals surface area (Å²) in [5.41, 5.74) is 0.548. The van der Waals surface area contributed by atoms with Gasteiger partial charge in [-0.05, 0) is 6.42 Å². The van der Waals surface area contributed by atoms with Crippen LogP contribution in [-0.2, 0) is 9.53 Å². The van der Waals surface area contributed by atoms with Gasteiger partial charge in [0.2, 0.25) is 0 Å². The minimum absolute atomic E-state index is 0.200. The van der Waals surface area contributed by atoms with Crippen LogP contribution in [-0.4, -0.2) is 25.2 Å². The third-order valence-corrected chi connectivity index (χ3v) is 1.15. The van der Waals surface area contributed by atoms with E-state index in [1.165, 1.54) is 7.11 Å². The van der Waals surface area contributed by atoms with Crippen molar-refractivity contribution in [2.45, 2.75) is 19.8 Å². The Morgan fingerprint density at radius 1 is 1.64 bits per heavy atom. The van der Waals surface area contributed by atoms with Crippen LogP contribution in [0.25, 0.3) is 0 Å². The second kappa shape index (κ2) is 5.58. The first-order valence-corrected chi connectivity index (χ1v) is 3.32. The van der Waals surface area contributed by atoms with Gasteiger partial charge in [-0.1, -0.05) is 6.92 Å². The molecule has 0 heterocycles. The van der Waals surface area contributed by atoms with Crippen molar-refractivity contribution in [2.24, 2.45) is 4.99 Å². The van der Waals surface area contributed by atoms with Crippen LogP contribution in [0.4, 0.5) is 4.79 Å². The maximum atomic E-state index is 10.5. The van der Waals surface area contributed by atoms with Gasteiger partial charge in [0, 0.05) is 12.1 Å². The van der Waals surface area contributed by atoms with E-state index in [1.54, 1.807) is 0 Å². The van der Waals surface area contributed by atoms with Gasteiger partial charge in [-0.15, -0.1) is 0 Å². The van der Waals surface area contributed by atoms with Gasteiger partial charge in [-0.3, -0.25) is 0 Å². The number of aliphatic imine (C=N–C) groups is 1. The van der Waals surface area contributed by atoms with Crippen molar-refractivity contribution in [2.75, 3.05) is 7.11 Å². The van der Waals surface area contributed by atoms with Crippen LogP contribution in [0, 0.1) is 0 Å². The van der Waals surface area contributed by atoms with Crippen molar-refractivity contribution in [3.05, 3.63) is 0 Å². The molecule has 4 nitrogen and oxygen atoms in total. The third-order valence-electron chi connectivity index (χ3n) is 1.15. The largest absolute Gasteiger partial charge is 0.451 e. The van der Waals surface area contributed by atoms with Crippen molar-refractivity contribution in [3.8, 4) is 0 Å². The van der Waals surface area contributed by atoms with Gasteiger partial charge in [0.15, 0.2) is 0 Å². The molecule has 4 heteroatoms. The highest BCUT2D eigenvalue weighted by Gasteiger charge is 1.99. The lowest BCUT2D eigenvalue weighted by Gasteiger charge is -1.95. The SMILES string of the molecule is CCC(CC=O)=NC(=O)OC. The number of carbonyl (C=O) groups excluding carboxylic acids is 2. The number of rotatable bonds is 3. The summed E-state index contributed by atoms with van der Waals surface area (Å²) in [6.07, 6.45) is 0.855. The fourth-order valence-corrected chi connectivity index (χ4v) is 0.540. The molecule has 0 aliphatic carbocycles. The summed E-state index contributed by atoms with van der Waals surface area (Å²) in [5.74, 6) is 0. The van der Waals surface area contributed by atoms with Crippen LogP contribution in [0.2, 0.25) is 0 Å². The summed E-state index contributed by atoms with van der Waals surface area (Å²) >= 11 is 0. The van der Waals surface area contributed by atoms with Crippen LogP contribution in [0.1, 0.15) is 19.8 Å². The fraction of sp³-hybridized carbons (Fsp3) is 0.571. The minimum atomic E-state index is -0.649. The van der Waals surface area contributed by atoms with Crippen LogP contribution < -0.4 is 0 Å². The molecular weight excluding hydrogens is 146 g/mol. The molecule has 0 aromatic rings. The molecule has 62 valence electrons. The number of methoxy groups -OCH3 is 1. The first kappa shape index (κ1) is 9.81. The van der Waals surface area contributed by atoms with E-state index in [9.17, 15) is 9.59 Å². The molecule has 0 aromatic carbocycles. The zero-order chi connectivity index (χ0) is 8.69. The monoisotopic (exact) mass is 157 g/mol. The van der Waals surface area contributed by atoms with E-state index in [4.69, 9.17) is 0 Å². The first-order valence-electron chi connectivity index (χ1n) is 3.32. The van der Waals surface area contributed by atoms with E-state index in [0.717, 1.165) is 0 Å². The van der Waals surface area contributed by atoms with Gasteiger partial charge in [0.1, 0.15) is 6.29 Å². The molecule has 0 bridgehead atoms. The van der Waals surface area contributed by atoms with E-state index in [1.807, 2.05) is 6.92 Å². The Morgan fingerprint density at radius 3 is 2.64 bits per heavy atom. The molecule has 0 aliphatic heterocycles. The predicted octanol–water partition coefficient (Wildman–Crippen LogP) is 1.19. The molecule has 0 saturated carbocycles. The van der Waals surface area contributed by atoms with Gasteiger partial charge in [0.05, 0.1) is 7.11 Å². The first-order chi connectivity index (χ1) is 5.24. The fourth-order valence-electron chi connectivity index (χ4n) is 0.540. The summed E-state index contributed by atoms with van der Waals surface area (Å²) in [6, 6.07) is 0. The smallest absolute Gasteiger partial charge is 0.433 e. The van der Waals surface area contributed by atoms with E-state index in [0.29, 0.717) is 18.4 Å². The molecule has 0 spiro atoms. The second-order valence-corrected chi connectivity index (χ2v) is 1.87. The number of aldehydes is 1. The summed E-state index contributed by atoms with van der Waals surface area (Å²) in [6.45, 7) is 1.82. The zero-order valence-electron chi connectivity index (χ0n) is 6.66. The van der Waals surface area contributed by atoms with E-state index >= 15 is 0 Å². The third kappa shape index (κ3) is 4.25. The zero-order valence-corrected chi connectivity index (χ0v) is 6.66. The number of amides is 1. The van der Waals surface area contributed by atoms with Crippen molar-refractivity contribution in [1.29, 1.82) is 0 Å². The van der Waals surface area contributed by atoms with Crippen molar-refractivity contribution in [1.82, 2.24) is 0 Å². The molecule has 1 amide bonds. The summed E-state index contributed by atoms with van der Waals surface area (Å²) < 4.78 is 4.29. The van der Waals surface area contributed by atoms with Crippen LogP contribution in [0.15, 0.2) is 4.99 Å². The van der Waals surface area contributed by atoms with E-state index < -0.39 is 6.09 Å². The minimum Gasteiger partial charge on any atom is -0.451 e. The van der Waals surface area contributed by atoms with Gasteiger partial charge >= 0.3 is 6.09 Å². The van der Waals surface area contributed by atoms with Crippen LogP contribution >= 0.6 is 0 Å². The Kier molecular flexibility index (Phi) is 4.98. The highest BCUT2D eigenvalue weighted by molar-refractivity contribution is 5.99. The predicted molar refractivity (Wildman–Crippen MR) is 40.8 cm³/mol. The van der Waals surface area contributed by atoms with E-state index in [-0.39, 0.29) is 6.42 Å². The molecule has 0 saturated heterocycles. The van der Waals surface area contributed by atoms with Gasteiger partial charge in [-0.25, -0.2) is 4.79 Å². The topological polar surface area (TPSA) is 55.7 Å². The second-order valence-electron chi connectivity index (χ2n) is 1.87. The average molecular weight is 157 g/mol. The van der Waals surface area contributed by atoms with Crippen LogP contribution in [0.3, 0.4) is 0 Å². The maximum absolute atomic E-state index is 10.5. The maximum Gasteiger partial charge on any atom is 0.433 e. The molecule has 0 radical (unpaired) electrons. The lowest BCUT2D eigenvalue weighted by Crippen LogP contribution is -2.02. The standard InChI is InChI=1S/C7H11NO3/c1-3-6(4-5-9)8-7(10)11-2/h5H,3-4H2,1-2H3.